The second-order valence-corrected chi connectivity index (χ2v) is 6.42. The van der Waals surface area contributed by atoms with Gasteiger partial charge in [0.25, 0.3) is 0 Å². The van der Waals surface area contributed by atoms with Gasteiger partial charge in [-0.3, -0.25) is 4.40 Å². The van der Waals surface area contributed by atoms with Crippen LogP contribution >= 0.6 is 0 Å². The van der Waals surface area contributed by atoms with E-state index in [1.54, 1.807) is 6.92 Å². The average Bonchev–Trinajstić information content (AvgIpc) is 2.99. The Morgan fingerprint density at radius 1 is 1.14 bits per heavy atom. The van der Waals surface area contributed by atoms with Crippen molar-refractivity contribution in [2.24, 2.45) is 0 Å². The minimum atomic E-state index is -4.73. The van der Waals surface area contributed by atoms with Crippen LogP contribution in [0.2, 0.25) is 0 Å². The zero-order valence-corrected chi connectivity index (χ0v) is 14.9. The molecule has 2 heterocycles. The highest BCUT2D eigenvalue weighted by molar-refractivity contribution is 5.72. The quantitative estimate of drug-likeness (QED) is 0.600. The molecule has 0 fully saturated rings. The molecule has 0 aliphatic rings. The lowest BCUT2D eigenvalue weighted by atomic mass is 9.92. The Balaban J connectivity index is 2.23. The van der Waals surface area contributed by atoms with Crippen LogP contribution in [-0.2, 0) is 6.18 Å². The SMILES string of the molecule is CCC(c1ccc(C)c(-c2cnc3c(N)nc(C(F)(F)F)cn23)c1)C(F)(F)F. The molecule has 0 aliphatic carbocycles. The predicted octanol–water partition coefficient (Wildman–Crippen LogP) is 5.36. The summed E-state index contributed by atoms with van der Waals surface area (Å²) in [5, 5.41) is 0. The highest BCUT2D eigenvalue weighted by Crippen LogP contribution is 2.39. The Bertz CT molecular complexity index is 1020. The molecule has 10 heteroatoms. The molecule has 150 valence electrons. The van der Waals surface area contributed by atoms with E-state index in [1.165, 1.54) is 31.3 Å². The summed E-state index contributed by atoms with van der Waals surface area (Å²) >= 11 is 0. The molecule has 0 aliphatic heterocycles. The monoisotopic (exact) mass is 402 g/mol. The van der Waals surface area contributed by atoms with Crippen molar-refractivity contribution in [3.8, 4) is 11.3 Å². The lowest BCUT2D eigenvalue weighted by Crippen LogP contribution is -2.20. The van der Waals surface area contributed by atoms with Crippen LogP contribution in [0, 0.1) is 6.92 Å². The van der Waals surface area contributed by atoms with Crippen molar-refractivity contribution >= 4 is 11.5 Å². The number of hydrogen-bond acceptors (Lipinski definition) is 3. The standard InChI is InChI=1S/C18H16F6N4/c1-3-12(17(19,20)21)10-5-4-9(2)11(6-10)13-7-26-16-15(25)27-14(8-28(13)16)18(22,23)24/h4-8,12H,3H2,1-2H3,(H2,25,27). The number of nitrogen functional groups attached to an aromatic ring is 1. The molecule has 3 aromatic rings. The lowest BCUT2D eigenvalue weighted by Gasteiger charge is -2.20. The van der Waals surface area contributed by atoms with Crippen molar-refractivity contribution < 1.29 is 26.3 Å². The summed E-state index contributed by atoms with van der Waals surface area (Å²) in [5.41, 5.74) is 5.54. The summed E-state index contributed by atoms with van der Waals surface area (Å²) in [6, 6.07) is 4.22. The minimum Gasteiger partial charge on any atom is -0.381 e. The summed E-state index contributed by atoms with van der Waals surface area (Å²) in [6.45, 7) is 3.08. The average molecular weight is 402 g/mol. The van der Waals surface area contributed by atoms with Crippen molar-refractivity contribution in [2.75, 3.05) is 5.73 Å². The van der Waals surface area contributed by atoms with Crippen molar-refractivity contribution in [3.05, 3.63) is 47.4 Å². The van der Waals surface area contributed by atoms with Gasteiger partial charge in [0, 0.05) is 11.8 Å². The van der Waals surface area contributed by atoms with E-state index in [2.05, 4.69) is 9.97 Å². The first-order chi connectivity index (χ1) is 12.9. The topological polar surface area (TPSA) is 56.2 Å². The van der Waals surface area contributed by atoms with E-state index in [0.29, 0.717) is 11.1 Å². The normalized spacial score (nSPS) is 13.9. The molecule has 1 aromatic carbocycles. The maximum atomic E-state index is 13.3. The van der Waals surface area contributed by atoms with Crippen LogP contribution in [0.25, 0.3) is 16.9 Å². The zero-order valence-electron chi connectivity index (χ0n) is 14.9. The third kappa shape index (κ3) is 3.50. The van der Waals surface area contributed by atoms with Gasteiger partial charge in [-0.15, -0.1) is 0 Å². The first-order valence-electron chi connectivity index (χ1n) is 8.32. The number of hydrogen-bond donors (Lipinski definition) is 1. The van der Waals surface area contributed by atoms with E-state index in [9.17, 15) is 26.3 Å². The second-order valence-electron chi connectivity index (χ2n) is 6.42. The molecular weight excluding hydrogens is 386 g/mol. The van der Waals surface area contributed by atoms with Gasteiger partial charge in [0.2, 0.25) is 0 Å². The number of alkyl halides is 6. The predicted molar refractivity (Wildman–Crippen MR) is 91.7 cm³/mol. The van der Waals surface area contributed by atoms with Crippen molar-refractivity contribution in [1.29, 1.82) is 0 Å². The molecule has 4 nitrogen and oxygen atoms in total. The van der Waals surface area contributed by atoms with Crippen molar-refractivity contribution in [2.45, 2.75) is 38.5 Å². The first kappa shape index (κ1) is 20.0. The van der Waals surface area contributed by atoms with Crippen LogP contribution in [-0.4, -0.2) is 20.5 Å². The molecule has 0 saturated carbocycles. The van der Waals surface area contributed by atoms with Crippen LogP contribution < -0.4 is 5.73 Å². The zero-order chi connectivity index (χ0) is 20.9. The van der Waals surface area contributed by atoms with Crippen LogP contribution in [0.15, 0.2) is 30.6 Å². The van der Waals surface area contributed by atoms with E-state index in [-0.39, 0.29) is 23.3 Å². The van der Waals surface area contributed by atoms with Crippen molar-refractivity contribution in [3.63, 3.8) is 0 Å². The maximum Gasteiger partial charge on any atom is 0.434 e. The van der Waals surface area contributed by atoms with Crippen LogP contribution in [0.3, 0.4) is 0 Å². The van der Waals surface area contributed by atoms with E-state index in [4.69, 9.17) is 5.73 Å². The number of imidazole rings is 1. The van der Waals surface area contributed by atoms with Gasteiger partial charge in [0.05, 0.1) is 17.8 Å². The number of fused-ring (bicyclic) bond motifs is 1. The van der Waals surface area contributed by atoms with Gasteiger partial charge in [-0.2, -0.15) is 26.3 Å². The number of rotatable bonds is 3. The van der Waals surface area contributed by atoms with Crippen LogP contribution in [0.4, 0.5) is 32.2 Å². The summed E-state index contributed by atoms with van der Waals surface area (Å²) in [6.07, 6.45) is -7.31. The molecule has 2 aromatic heterocycles. The first-order valence-corrected chi connectivity index (χ1v) is 8.32. The highest BCUT2D eigenvalue weighted by Gasteiger charge is 2.39. The number of aryl methyl sites for hydroxylation is 1. The molecule has 0 saturated heterocycles. The Hall–Kier alpha value is -2.78. The summed E-state index contributed by atoms with van der Waals surface area (Å²) < 4.78 is 80.3. The number of aromatic nitrogens is 3. The van der Waals surface area contributed by atoms with Crippen LogP contribution in [0.5, 0.6) is 0 Å². The third-order valence-electron chi connectivity index (χ3n) is 4.55. The minimum absolute atomic E-state index is 0.00401. The second kappa shape index (κ2) is 6.68. The Morgan fingerprint density at radius 2 is 1.82 bits per heavy atom. The Kier molecular flexibility index (Phi) is 4.76. The smallest absolute Gasteiger partial charge is 0.381 e. The molecule has 0 bridgehead atoms. The number of nitrogens with zero attached hydrogens (tertiary/aromatic N) is 3. The van der Waals surface area contributed by atoms with Gasteiger partial charge in [0.15, 0.2) is 17.2 Å². The molecule has 28 heavy (non-hydrogen) atoms. The summed E-state index contributed by atoms with van der Waals surface area (Å²) in [4.78, 5) is 7.30. The molecule has 1 atom stereocenters. The number of benzene rings is 1. The highest BCUT2D eigenvalue weighted by atomic mass is 19.4. The molecule has 0 amide bonds. The van der Waals surface area contributed by atoms with Gasteiger partial charge < -0.3 is 5.73 Å². The Labute approximate surface area is 156 Å². The largest absolute Gasteiger partial charge is 0.434 e. The molecule has 0 radical (unpaired) electrons. The van der Waals surface area contributed by atoms with Gasteiger partial charge in [-0.1, -0.05) is 19.1 Å². The molecular formula is C18H16F6N4. The van der Waals surface area contributed by atoms with E-state index in [1.807, 2.05) is 0 Å². The molecule has 2 N–H and O–H groups in total. The van der Waals surface area contributed by atoms with Gasteiger partial charge in [0.1, 0.15) is 0 Å². The fourth-order valence-corrected chi connectivity index (χ4v) is 3.14. The third-order valence-corrected chi connectivity index (χ3v) is 4.55. The summed E-state index contributed by atoms with van der Waals surface area (Å²) in [5.74, 6) is -2.10. The van der Waals surface area contributed by atoms with E-state index < -0.39 is 29.8 Å². The number of anilines is 1. The summed E-state index contributed by atoms with van der Waals surface area (Å²) in [7, 11) is 0. The van der Waals surface area contributed by atoms with Gasteiger partial charge >= 0.3 is 12.4 Å². The van der Waals surface area contributed by atoms with E-state index >= 15 is 0 Å². The van der Waals surface area contributed by atoms with Crippen LogP contribution in [0.1, 0.15) is 36.1 Å². The maximum absolute atomic E-state index is 13.3. The molecule has 3 rings (SSSR count). The molecule has 1 unspecified atom stereocenters. The fourth-order valence-electron chi connectivity index (χ4n) is 3.14. The number of nitrogens with two attached hydrogens (primary N) is 1. The fraction of sp³-hybridized carbons (Fsp3) is 0.333. The Morgan fingerprint density at radius 3 is 2.39 bits per heavy atom. The van der Waals surface area contributed by atoms with Gasteiger partial charge in [-0.05, 0) is 30.5 Å². The van der Waals surface area contributed by atoms with Gasteiger partial charge in [-0.25, -0.2) is 9.97 Å². The van der Waals surface area contributed by atoms with E-state index in [0.717, 1.165) is 10.6 Å². The number of halogens is 6. The lowest BCUT2D eigenvalue weighted by molar-refractivity contribution is -0.151. The molecule has 0 spiro atoms. The van der Waals surface area contributed by atoms with Crippen molar-refractivity contribution in [1.82, 2.24) is 14.4 Å².